The lowest BCUT2D eigenvalue weighted by atomic mass is 9.85. The number of carbonyl (C=O) groups is 1. The molecule has 1 aliphatic heterocycles. The predicted octanol–water partition coefficient (Wildman–Crippen LogP) is 3.02. The van der Waals surface area contributed by atoms with E-state index in [0.29, 0.717) is 23.2 Å². The molecule has 0 bridgehead atoms. The second-order valence-electron chi connectivity index (χ2n) is 5.95. The van der Waals surface area contributed by atoms with Gasteiger partial charge in [-0.15, -0.1) is 0 Å². The number of hydrogen-bond donors (Lipinski definition) is 1. The molecule has 1 amide bonds. The Labute approximate surface area is 121 Å². The Morgan fingerprint density at radius 1 is 1.45 bits per heavy atom. The first-order chi connectivity index (χ1) is 9.54. The summed E-state index contributed by atoms with van der Waals surface area (Å²) in [6, 6.07) is 3.98. The summed E-state index contributed by atoms with van der Waals surface area (Å²) in [6.45, 7) is 10.2. The summed E-state index contributed by atoms with van der Waals surface area (Å²) < 4.78 is 0. The fraction of sp³-hybridized carbons (Fsp3) is 0.625. The predicted molar refractivity (Wildman–Crippen MR) is 81.8 cm³/mol. The van der Waals surface area contributed by atoms with Crippen LogP contribution in [0.2, 0.25) is 0 Å². The summed E-state index contributed by atoms with van der Waals surface area (Å²) in [6.07, 6.45) is 2.91. The van der Waals surface area contributed by atoms with Crippen LogP contribution in [0.3, 0.4) is 0 Å². The van der Waals surface area contributed by atoms with Gasteiger partial charge in [-0.1, -0.05) is 13.8 Å². The van der Waals surface area contributed by atoms with Gasteiger partial charge in [-0.3, -0.25) is 4.79 Å². The number of hydrogen-bond acceptors (Lipinski definition) is 3. The minimum atomic E-state index is 0.0972. The van der Waals surface area contributed by atoms with Crippen LogP contribution in [0.1, 0.15) is 44.5 Å². The van der Waals surface area contributed by atoms with Gasteiger partial charge in [0.1, 0.15) is 5.82 Å². The Hall–Kier alpha value is -1.58. The smallest absolute Gasteiger partial charge is 0.257 e. The van der Waals surface area contributed by atoms with Crippen molar-refractivity contribution < 1.29 is 4.79 Å². The molecule has 2 rings (SSSR count). The van der Waals surface area contributed by atoms with Crippen molar-refractivity contribution >= 4 is 11.7 Å². The first kappa shape index (κ1) is 14.8. The summed E-state index contributed by atoms with van der Waals surface area (Å²) >= 11 is 0. The third-order valence-electron chi connectivity index (χ3n) is 4.24. The Balaban J connectivity index is 2.26. The van der Waals surface area contributed by atoms with Crippen LogP contribution in [0.15, 0.2) is 18.3 Å². The standard InChI is InChI=1S/C16H25N3O/c1-5-17-15-14(7-6-8-18-15)16(20)19-10-11(2)9-12(3)13(19)4/h6-8,11-13H,5,9-10H2,1-4H3,(H,17,18). The maximum absolute atomic E-state index is 12.8. The van der Waals surface area contributed by atoms with Crippen molar-refractivity contribution in [1.82, 2.24) is 9.88 Å². The lowest BCUT2D eigenvalue weighted by Crippen LogP contribution is -2.49. The Kier molecular flexibility index (Phi) is 4.63. The zero-order valence-electron chi connectivity index (χ0n) is 12.9. The summed E-state index contributed by atoms with van der Waals surface area (Å²) in [5.41, 5.74) is 0.683. The van der Waals surface area contributed by atoms with Crippen LogP contribution >= 0.6 is 0 Å². The van der Waals surface area contributed by atoms with Gasteiger partial charge < -0.3 is 10.2 Å². The van der Waals surface area contributed by atoms with Gasteiger partial charge in [-0.05, 0) is 44.2 Å². The van der Waals surface area contributed by atoms with Gasteiger partial charge in [0.05, 0.1) is 5.56 Å². The average molecular weight is 275 g/mol. The Bertz CT molecular complexity index is 475. The second-order valence-corrected chi connectivity index (χ2v) is 5.95. The van der Waals surface area contributed by atoms with Crippen LogP contribution in [0.5, 0.6) is 0 Å². The molecular formula is C16H25N3O. The topological polar surface area (TPSA) is 45.2 Å². The molecule has 0 radical (unpaired) electrons. The molecule has 1 N–H and O–H groups in total. The van der Waals surface area contributed by atoms with Crippen LogP contribution < -0.4 is 5.32 Å². The SMILES string of the molecule is CCNc1ncccc1C(=O)N1CC(C)CC(C)C1C. The second kappa shape index (κ2) is 6.25. The highest BCUT2D eigenvalue weighted by molar-refractivity contribution is 5.99. The molecule has 0 saturated carbocycles. The molecule has 20 heavy (non-hydrogen) atoms. The van der Waals surface area contributed by atoms with E-state index in [1.165, 1.54) is 6.42 Å². The van der Waals surface area contributed by atoms with E-state index >= 15 is 0 Å². The van der Waals surface area contributed by atoms with Gasteiger partial charge in [0.15, 0.2) is 0 Å². The number of rotatable bonds is 3. The molecule has 0 spiro atoms. The van der Waals surface area contributed by atoms with E-state index in [1.54, 1.807) is 6.20 Å². The molecule has 1 aromatic heterocycles. The molecule has 110 valence electrons. The minimum absolute atomic E-state index is 0.0972. The molecule has 3 unspecified atom stereocenters. The highest BCUT2D eigenvalue weighted by Gasteiger charge is 2.33. The van der Waals surface area contributed by atoms with E-state index < -0.39 is 0 Å². The Morgan fingerprint density at radius 3 is 2.90 bits per heavy atom. The molecule has 4 heteroatoms. The summed E-state index contributed by atoms with van der Waals surface area (Å²) in [5.74, 6) is 1.89. The number of piperidine rings is 1. The fourth-order valence-electron chi connectivity index (χ4n) is 3.02. The van der Waals surface area contributed by atoms with Crippen molar-refractivity contribution in [3.63, 3.8) is 0 Å². The third kappa shape index (κ3) is 2.94. The van der Waals surface area contributed by atoms with E-state index in [9.17, 15) is 4.79 Å². The van der Waals surface area contributed by atoms with Crippen molar-refractivity contribution in [3.05, 3.63) is 23.9 Å². The summed E-state index contributed by atoms with van der Waals surface area (Å²) in [4.78, 5) is 19.1. The van der Waals surface area contributed by atoms with Gasteiger partial charge in [-0.25, -0.2) is 4.98 Å². The lowest BCUT2D eigenvalue weighted by molar-refractivity contribution is 0.0456. The molecule has 2 heterocycles. The number of aromatic nitrogens is 1. The first-order valence-corrected chi connectivity index (χ1v) is 7.54. The van der Waals surface area contributed by atoms with E-state index in [-0.39, 0.29) is 11.9 Å². The van der Waals surface area contributed by atoms with Gasteiger partial charge in [-0.2, -0.15) is 0 Å². The number of nitrogens with zero attached hydrogens (tertiary/aromatic N) is 2. The van der Waals surface area contributed by atoms with Crippen LogP contribution in [-0.2, 0) is 0 Å². The van der Waals surface area contributed by atoms with Gasteiger partial charge in [0.25, 0.3) is 5.91 Å². The van der Waals surface area contributed by atoms with Gasteiger partial charge in [0, 0.05) is 25.3 Å². The zero-order chi connectivity index (χ0) is 14.7. The molecule has 0 aliphatic carbocycles. The molecule has 1 aromatic rings. The molecule has 4 nitrogen and oxygen atoms in total. The monoisotopic (exact) mass is 275 g/mol. The van der Waals surface area contributed by atoms with Crippen molar-refractivity contribution in [2.24, 2.45) is 11.8 Å². The van der Waals surface area contributed by atoms with Crippen LogP contribution in [0.25, 0.3) is 0 Å². The first-order valence-electron chi connectivity index (χ1n) is 7.54. The Morgan fingerprint density at radius 2 is 2.20 bits per heavy atom. The highest BCUT2D eigenvalue weighted by atomic mass is 16.2. The van der Waals surface area contributed by atoms with Crippen molar-refractivity contribution in [2.45, 2.75) is 40.2 Å². The molecule has 1 aliphatic rings. The molecular weight excluding hydrogens is 250 g/mol. The summed E-state index contributed by atoms with van der Waals surface area (Å²) in [5, 5.41) is 3.17. The maximum Gasteiger partial charge on any atom is 0.257 e. The van der Waals surface area contributed by atoms with Gasteiger partial charge in [0.2, 0.25) is 0 Å². The van der Waals surface area contributed by atoms with E-state index in [0.717, 1.165) is 13.1 Å². The van der Waals surface area contributed by atoms with Crippen molar-refractivity contribution in [2.75, 3.05) is 18.4 Å². The molecule has 0 aromatic carbocycles. The highest BCUT2D eigenvalue weighted by Crippen LogP contribution is 2.29. The van der Waals surface area contributed by atoms with Crippen LogP contribution in [-0.4, -0.2) is 34.9 Å². The number of pyridine rings is 1. The van der Waals surface area contributed by atoms with Crippen molar-refractivity contribution in [3.8, 4) is 0 Å². The number of likely N-dealkylation sites (tertiary alicyclic amines) is 1. The third-order valence-corrected chi connectivity index (χ3v) is 4.24. The fourth-order valence-corrected chi connectivity index (χ4v) is 3.02. The molecule has 1 saturated heterocycles. The number of nitrogens with one attached hydrogen (secondary N) is 1. The van der Waals surface area contributed by atoms with Gasteiger partial charge >= 0.3 is 0 Å². The van der Waals surface area contributed by atoms with Crippen molar-refractivity contribution in [1.29, 1.82) is 0 Å². The lowest BCUT2D eigenvalue weighted by Gasteiger charge is -2.41. The quantitative estimate of drug-likeness (QED) is 0.922. The van der Waals surface area contributed by atoms with E-state index in [2.05, 4.69) is 31.1 Å². The maximum atomic E-state index is 12.8. The average Bonchev–Trinajstić information content (AvgIpc) is 2.43. The summed E-state index contributed by atoms with van der Waals surface area (Å²) in [7, 11) is 0. The number of anilines is 1. The number of carbonyl (C=O) groups excluding carboxylic acids is 1. The van der Waals surface area contributed by atoms with Crippen LogP contribution in [0, 0.1) is 11.8 Å². The minimum Gasteiger partial charge on any atom is -0.370 e. The van der Waals surface area contributed by atoms with E-state index in [4.69, 9.17) is 0 Å². The van der Waals surface area contributed by atoms with E-state index in [1.807, 2.05) is 24.0 Å². The van der Waals surface area contributed by atoms with Crippen LogP contribution in [0.4, 0.5) is 5.82 Å². The molecule has 3 atom stereocenters. The number of amides is 1. The normalized spacial score (nSPS) is 26.4. The largest absolute Gasteiger partial charge is 0.370 e. The zero-order valence-corrected chi connectivity index (χ0v) is 12.9. The molecule has 1 fully saturated rings.